The second-order valence-corrected chi connectivity index (χ2v) is 10.7. The number of carbonyl (C=O) groups is 2. The highest BCUT2D eigenvalue weighted by molar-refractivity contribution is 7.89. The van der Waals surface area contributed by atoms with Crippen LogP contribution in [0.3, 0.4) is 0 Å². The van der Waals surface area contributed by atoms with E-state index < -0.39 is 15.9 Å². The Kier molecular flexibility index (Phi) is 7.35. The molecule has 2 saturated heterocycles. The van der Waals surface area contributed by atoms with Crippen LogP contribution in [0.2, 0.25) is 0 Å². The lowest BCUT2D eigenvalue weighted by atomic mass is 10.1. The number of hydrogen-bond donors (Lipinski definition) is 1. The first-order chi connectivity index (χ1) is 16.3. The van der Waals surface area contributed by atoms with Gasteiger partial charge in [0.1, 0.15) is 0 Å². The normalized spacial score (nSPS) is 20.0. The number of aryl methyl sites for hydroxylation is 1. The molecule has 0 spiro atoms. The zero-order valence-corrected chi connectivity index (χ0v) is 20.6. The van der Waals surface area contributed by atoms with Crippen molar-refractivity contribution >= 4 is 33.2 Å². The smallest absolute Gasteiger partial charge is 0.243 e. The molecule has 34 heavy (non-hydrogen) atoms. The molecule has 0 aliphatic carbocycles. The molecule has 0 aromatic heterocycles. The van der Waals surface area contributed by atoms with E-state index in [0.717, 1.165) is 24.2 Å². The van der Waals surface area contributed by atoms with Gasteiger partial charge < -0.3 is 15.1 Å². The van der Waals surface area contributed by atoms with E-state index >= 15 is 0 Å². The molecule has 2 aliphatic rings. The number of nitrogens with one attached hydrogen (secondary N) is 1. The Morgan fingerprint density at radius 1 is 1.03 bits per heavy atom. The molecule has 0 bridgehead atoms. The Balaban J connectivity index is 1.43. The van der Waals surface area contributed by atoms with Gasteiger partial charge in [0.2, 0.25) is 21.8 Å². The van der Waals surface area contributed by atoms with Gasteiger partial charge in [-0.2, -0.15) is 4.31 Å². The van der Waals surface area contributed by atoms with Gasteiger partial charge in [0.15, 0.2) is 0 Å². The van der Waals surface area contributed by atoms with Crippen molar-refractivity contribution in [3.63, 3.8) is 0 Å². The summed E-state index contributed by atoms with van der Waals surface area (Å²) in [5.41, 5.74) is 2.35. The zero-order chi connectivity index (χ0) is 24.3. The van der Waals surface area contributed by atoms with Crippen LogP contribution in [0.1, 0.15) is 25.8 Å². The number of rotatable bonds is 7. The minimum Gasteiger partial charge on any atom is -0.326 e. The fourth-order valence-electron chi connectivity index (χ4n) is 4.49. The van der Waals surface area contributed by atoms with E-state index in [9.17, 15) is 18.0 Å². The third kappa shape index (κ3) is 5.16. The van der Waals surface area contributed by atoms with Gasteiger partial charge in [-0.25, -0.2) is 8.42 Å². The molecular weight excluding hydrogens is 452 g/mol. The summed E-state index contributed by atoms with van der Waals surface area (Å²) in [5.74, 6) is -0.871. The molecule has 2 aliphatic heterocycles. The van der Waals surface area contributed by atoms with Gasteiger partial charge in [-0.1, -0.05) is 32.0 Å². The number of anilines is 2. The van der Waals surface area contributed by atoms with Crippen LogP contribution in [0, 0.1) is 5.92 Å². The average molecular weight is 485 g/mol. The number of sulfonamides is 1. The molecule has 2 amide bonds. The van der Waals surface area contributed by atoms with Crippen LogP contribution in [-0.2, 0) is 26.0 Å². The SMILES string of the molecule is CCc1cccc(N2CC(C(=O)Nc3cccc(S(=O)(=O)N4CCN(CC)CC4)c3)CC2=O)c1. The fourth-order valence-corrected chi connectivity index (χ4v) is 5.96. The van der Waals surface area contributed by atoms with Crippen molar-refractivity contribution in [3.8, 4) is 0 Å². The molecule has 0 radical (unpaired) electrons. The van der Waals surface area contributed by atoms with Crippen molar-refractivity contribution in [1.29, 1.82) is 0 Å². The summed E-state index contributed by atoms with van der Waals surface area (Å²) < 4.78 is 27.7. The number of amides is 2. The van der Waals surface area contributed by atoms with Crippen molar-refractivity contribution in [2.75, 3.05) is 49.5 Å². The maximum atomic E-state index is 13.1. The van der Waals surface area contributed by atoms with Gasteiger partial charge in [0, 0.05) is 50.5 Å². The number of piperazine rings is 1. The number of benzene rings is 2. The number of hydrogen-bond acceptors (Lipinski definition) is 5. The van der Waals surface area contributed by atoms with Crippen molar-refractivity contribution in [2.24, 2.45) is 5.92 Å². The molecule has 1 unspecified atom stereocenters. The summed E-state index contributed by atoms with van der Waals surface area (Å²) in [7, 11) is -3.64. The van der Waals surface area contributed by atoms with Gasteiger partial charge in [0.25, 0.3) is 0 Å². The van der Waals surface area contributed by atoms with E-state index in [1.165, 1.54) is 10.4 Å². The van der Waals surface area contributed by atoms with Crippen LogP contribution in [0.4, 0.5) is 11.4 Å². The number of carbonyl (C=O) groups excluding carboxylic acids is 2. The third-order valence-electron chi connectivity index (χ3n) is 6.64. The first-order valence-corrected chi connectivity index (χ1v) is 13.3. The average Bonchev–Trinajstić information content (AvgIpc) is 3.26. The Labute approximate surface area is 201 Å². The summed E-state index contributed by atoms with van der Waals surface area (Å²) in [5, 5.41) is 2.82. The van der Waals surface area contributed by atoms with E-state index in [-0.39, 0.29) is 23.1 Å². The minimum atomic E-state index is -3.64. The monoisotopic (exact) mass is 484 g/mol. The molecular formula is C25H32N4O4S. The van der Waals surface area contributed by atoms with Crippen molar-refractivity contribution in [2.45, 2.75) is 31.6 Å². The molecule has 9 heteroatoms. The first kappa shape index (κ1) is 24.4. The maximum absolute atomic E-state index is 13.1. The standard InChI is InChI=1S/C25H32N4O4S/c1-3-19-7-5-9-22(15-19)29-18-20(16-24(29)30)25(31)26-21-8-6-10-23(17-21)34(32,33)28-13-11-27(4-2)12-14-28/h5-10,15,17,20H,3-4,11-14,16,18H2,1-2H3,(H,26,31). The number of likely N-dealkylation sites (N-methyl/N-ethyl adjacent to an activating group) is 1. The Hall–Kier alpha value is -2.75. The van der Waals surface area contributed by atoms with Crippen LogP contribution in [-0.4, -0.2) is 68.7 Å². The zero-order valence-electron chi connectivity index (χ0n) is 19.7. The number of nitrogens with zero attached hydrogens (tertiary/aromatic N) is 3. The Bertz CT molecular complexity index is 1160. The first-order valence-electron chi connectivity index (χ1n) is 11.8. The molecule has 2 aromatic rings. The molecule has 2 aromatic carbocycles. The molecule has 8 nitrogen and oxygen atoms in total. The van der Waals surface area contributed by atoms with E-state index in [0.29, 0.717) is 38.4 Å². The van der Waals surface area contributed by atoms with E-state index in [2.05, 4.69) is 24.1 Å². The summed E-state index contributed by atoms with van der Waals surface area (Å²) >= 11 is 0. The highest BCUT2D eigenvalue weighted by Gasteiger charge is 2.35. The minimum absolute atomic E-state index is 0.0871. The quantitative estimate of drug-likeness (QED) is 0.652. The van der Waals surface area contributed by atoms with Gasteiger partial charge in [-0.05, 0) is 48.9 Å². The molecule has 1 N–H and O–H groups in total. The summed E-state index contributed by atoms with van der Waals surface area (Å²) in [6.45, 7) is 7.64. The van der Waals surface area contributed by atoms with Gasteiger partial charge in [0.05, 0.1) is 10.8 Å². The van der Waals surface area contributed by atoms with Crippen molar-refractivity contribution in [1.82, 2.24) is 9.21 Å². The second kappa shape index (κ2) is 10.2. The lowest BCUT2D eigenvalue weighted by molar-refractivity contribution is -0.122. The second-order valence-electron chi connectivity index (χ2n) is 8.78. The van der Waals surface area contributed by atoms with Crippen LogP contribution < -0.4 is 10.2 Å². The maximum Gasteiger partial charge on any atom is 0.243 e. The van der Waals surface area contributed by atoms with Gasteiger partial charge in [-0.15, -0.1) is 0 Å². The largest absolute Gasteiger partial charge is 0.326 e. The van der Waals surface area contributed by atoms with Gasteiger partial charge in [-0.3, -0.25) is 9.59 Å². The van der Waals surface area contributed by atoms with Crippen molar-refractivity contribution in [3.05, 3.63) is 54.1 Å². The predicted octanol–water partition coefficient (Wildman–Crippen LogP) is 2.57. The van der Waals surface area contributed by atoms with E-state index in [1.807, 2.05) is 24.3 Å². The Morgan fingerprint density at radius 2 is 1.76 bits per heavy atom. The van der Waals surface area contributed by atoms with Crippen LogP contribution in [0.25, 0.3) is 0 Å². The lowest BCUT2D eigenvalue weighted by Gasteiger charge is -2.33. The predicted molar refractivity (Wildman–Crippen MR) is 132 cm³/mol. The van der Waals surface area contributed by atoms with Gasteiger partial charge >= 0.3 is 0 Å². The van der Waals surface area contributed by atoms with Crippen molar-refractivity contribution < 1.29 is 18.0 Å². The summed E-state index contributed by atoms with van der Waals surface area (Å²) in [6, 6.07) is 14.1. The Morgan fingerprint density at radius 3 is 2.47 bits per heavy atom. The molecule has 2 fully saturated rings. The van der Waals surface area contributed by atoms with E-state index in [4.69, 9.17) is 0 Å². The van der Waals surface area contributed by atoms with Crippen LogP contribution >= 0.6 is 0 Å². The molecule has 1 atom stereocenters. The molecule has 0 saturated carbocycles. The summed E-state index contributed by atoms with van der Waals surface area (Å²) in [4.78, 5) is 29.6. The summed E-state index contributed by atoms with van der Waals surface area (Å²) in [6.07, 6.45) is 0.995. The van der Waals surface area contributed by atoms with Crippen LogP contribution in [0.15, 0.2) is 53.4 Å². The highest BCUT2D eigenvalue weighted by Crippen LogP contribution is 2.27. The topological polar surface area (TPSA) is 90.0 Å². The molecule has 2 heterocycles. The van der Waals surface area contributed by atoms with Crippen LogP contribution in [0.5, 0.6) is 0 Å². The van der Waals surface area contributed by atoms with E-state index in [1.54, 1.807) is 23.1 Å². The highest BCUT2D eigenvalue weighted by atomic mass is 32.2. The fraction of sp³-hybridized carbons (Fsp3) is 0.440. The molecule has 182 valence electrons. The lowest BCUT2D eigenvalue weighted by Crippen LogP contribution is -2.48. The third-order valence-corrected chi connectivity index (χ3v) is 8.54. The molecule has 4 rings (SSSR count).